The fraction of sp³-hybridized carbons (Fsp3) is 0.500. The summed E-state index contributed by atoms with van der Waals surface area (Å²) in [6.45, 7) is 0.812. The average Bonchev–Trinajstić information content (AvgIpc) is 2.48. The minimum absolute atomic E-state index is 0.139. The van der Waals surface area contributed by atoms with Crippen LogP contribution in [-0.2, 0) is 20.7 Å². The van der Waals surface area contributed by atoms with E-state index in [0.29, 0.717) is 26.1 Å². The molecule has 0 aromatic heterocycles. The lowest BCUT2D eigenvalue weighted by Gasteiger charge is -2.34. The number of carbonyl (C=O) groups is 1. The Morgan fingerprint density at radius 3 is 2.65 bits per heavy atom. The van der Waals surface area contributed by atoms with Gasteiger partial charge in [0.25, 0.3) is 0 Å². The third-order valence-corrected chi connectivity index (χ3v) is 4.29. The molecule has 0 N–H and O–H groups in total. The van der Waals surface area contributed by atoms with Gasteiger partial charge >= 0.3 is 0 Å². The molecule has 0 unspecified atom stereocenters. The Hall–Kier alpha value is -0.850. The minimum Gasteiger partial charge on any atom is -0.381 e. The smallest absolute Gasteiger partial charge is 0.169 e. The maximum absolute atomic E-state index is 13.9. The summed E-state index contributed by atoms with van der Waals surface area (Å²) in [6, 6.07) is 2.42. The van der Waals surface area contributed by atoms with E-state index in [2.05, 4.69) is 15.9 Å². The van der Waals surface area contributed by atoms with Gasteiger partial charge in [0, 0.05) is 45.1 Å². The minimum atomic E-state index is -1.00. The summed E-state index contributed by atoms with van der Waals surface area (Å²) in [7, 11) is 1.44. The van der Waals surface area contributed by atoms with Gasteiger partial charge in [-0.05, 0) is 28.1 Å². The van der Waals surface area contributed by atoms with Crippen LogP contribution in [-0.4, -0.2) is 31.7 Å². The van der Waals surface area contributed by atoms with Crippen molar-refractivity contribution in [2.45, 2.75) is 24.9 Å². The van der Waals surface area contributed by atoms with Crippen LogP contribution in [0.15, 0.2) is 16.6 Å². The van der Waals surface area contributed by atoms with Crippen LogP contribution in [0.4, 0.5) is 8.78 Å². The Labute approximate surface area is 124 Å². The average molecular weight is 349 g/mol. The predicted octanol–water partition coefficient (Wildman–Crippen LogP) is 3.03. The zero-order valence-corrected chi connectivity index (χ0v) is 12.6. The zero-order chi connectivity index (χ0) is 14.8. The van der Waals surface area contributed by atoms with Gasteiger partial charge in [-0.1, -0.05) is 0 Å². The molecule has 6 heteroatoms. The molecule has 0 spiro atoms. The molecule has 1 fully saturated rings. The van der Waals surface area contributed by atoms with Crippen LogP contribution in [0.25, 0.3) is 0 Å². The SMILES string of the molecule is COC1(C(=O)Cc2c(F)ccc(Br)c2F)CCOCC1. The molecule has 0 bridgehead atoms. The van der Waals surface area contributed by atoms with E-state index in [0.717, 1.165) is 6.07 Å². The van der Waals surface area contributed by atoms with Crippen molar-refractivity contribution in [2.24, 2.45) is 0 Å². The van der Waals surface area contributed by atoms with Crippen LogP contribution in [0.2, 0.25) is 0 Å². The second-order valence-electron chi connectivity index (χ2n) is 4.73. The highest BCUT2D eigenvalue weighted by Gasteiger charge is 2.40. The van der Waals surface area contributed by atoms with Crippen LogP contribution < -0.4 is 0 Å². The molecule has 1 aliphatic heterocycles. The Morgan fingerprint density at radius 1 is 1.40 bits per heavy atom. The number of carbonyl (C=O) groups excluding carboxylic acids is 1. The van der Waals surface area contributed by atoms with Gasteiger partial charge in [-0.2, -0.15) is 0 Å². The van der Waals surface area contributed by atoms with Crippen molar-refractivity contribution in [3.63, 3.8) is 0 Å². The molecule has 0 radical (unpaired) electrons. The van der Waals surface area contributed by atoms with Gasteiger partial charge in [0.2, 0.25) is 0 Å². The van der Waals surface area contributed by atoms with E-state index in [-0.39, 0.29) is 22.2 Å². The van der Waals surface area contributed by atoms with Crippen molar-refractivity contribution in [1.29, 1.82) is 0 Å². The van der Waals surface area contributed by atoms with E-state index in [1.165, 1.54) is 13.2 Å². The summed E-state index contributed by atoms with van der Waals surface area (Å²) in [5, 5.41) is 0. The Balaban J connectivity index is 2.25. The topological polar surface area (TPSA) is 35.5 Å². The van der Waals surface area contributed by atoms with E-state index in [9.17, 15) is 13.6 Å². The lowest BCUT2D eigenvalue weighted by molar-refractivity contribution is -0.152. The Morgan fingerprint density at radius 2 is 2.05 bits per heavy atom. The Bertz CT molecular complexity index is 513. The highest BCUT2D eigenvalue weighted by molar-refractivity contribution is 9.10. The summed E-state index contributed by atoms with van der Waals surface area (Å²) in [5.41, 5.74) is -1.23. The van der Waals surface area contributed by atoms with E-state index in [1.807, 2.05) is 0 Å². The molecule has 1 aromatic carbocycles. The molecule has 0 amide bonds. The first-order valence-electron chi connectivity index (χ1n) is 6.29. The second kappa shape index (κ2) is 6.28. The van der Waals surface area contributed by atoms with Crippen molar-refractivity contribution in [2.75, 3.05) is 20.3 Å². The molecule has 20 heavy (non-hydrogen) atoms. The van der Waals surface area contributed by atoms with Crippen LogP contribution in [0.1, 0.15) is 18.4 Å². The first-order chi connectivity index (χ1) is 9.50. The molecule has 1 saturated heterocycles. The first kappa shape index (κ1) is 15.5. The number of hydrogen-bond acceptors (Lipinski definition) is 3. The van der Waals surface area contributed by atoms with Crippen LogP contribution in [0.5, 0.6) is 0 Å². The second-order valence-corrected chi connectivity index (χ2v) is 5.59. The lowest BCUT2D eigenvalue weighted by Crippen LogP contribution is -2.46. The van der Waals surface area contributed by atoms with Gasteiger partial charge in [0.05, 0.1) is 4.47 Å². The largest absolute Gasteiger partial charge is 0.381 e. The number of ether oxygens (including phenoxy) is 2. The number of ketones is 1. The van der Waals surface area contributed by atoms with Gasteiger partial charge in [-0.3, -0.25) is 4.79 Å². The van der Waals surface area contributed by atoms with Crippen molar-refractivity contribution in [1.82, 2.24) is 0 Å². The van der Waals surface area contributed by atoms with Gasteiger partial charge < -0.3 is 9.47 Å². The summed E-state index contributed by atoms with van der Waals surface area (Å²) < 4.78 is 38.3. The normalized spacial score (nSPS) is 18.0. The number of methoxy groups -OCH3 is 1. The summed E-state index contributed by atoms with van der Waals surface area (Å²) >= 11 is 2.99. The molecular formula is C14H15BrF2O3. The lowest BCUT2D eigenvalue weighted by atomic mass is 9.86. The quantitative estimate of drug-likeness (QED) is 0.784. The number of rotatable bonds is 4. The fourth-order valence-corrected chi connectivity index (χ4v) is 2.72. The Kier molecular flexibility index (Phi) is 4.88. The van der Waals surface area contributed by atoms with E-state index in [4.69, 9.17) is 9.47 Å². The molecule has 110 valence electrons. The molecule has 0 saturated carbocycles. The van der Waals surface area contributed by atoms with Gasteiger partial charge in [0.15, 0.2) is 5.78 Å². The van der Waals surface area contributed by atoms with Crippen molar-refractivity contribution in [3.05, 3.63) is 33.8 Å². The van der Waals surface area contributed by atoms with Crippen LogP contribution in [0.3, 0.4) is 0 Å². The maximum atomic E-state index is 13.9. The maximum Gasteiger partial charge on any atom is 0.169 e. The number of Topliss-reactive ketones (excluding diaryl/α,β-unsaturated/α-hetero) is 1. The molecule has 3 nitrogen and oxygen atoms in total. The monoisotopic (exact) mass is 348 g/mol. The first-order valence-corrected chi connectivity index (χ1v) is 7.08. The summed E-state index contributed by atoms with van der Waals surface area (Å²) in [6.07, 6.45) is 0.476. The fourth-order valence-electron chi connectivity index (χ4n) is 2.35. The van der Waals surface area contributed by atoms with E-state index >= 15 is 0 Å². The molecule has 1 heterocycles. The third kappa shape index (κ3) is 2.92. The molecule has 0 atom stereocenters. The number of halogens is 3. The number of benzene rings is 1. The van der Waals surface area contributed by atoms with E-state index in [1.54, 1.807) is 0 Å². The zero-order valence-electron chi connectivity index (χ0n) is 11.0. The van der Waals surface area contributed by atoms with Gasteiger partial charge in [0.1, 0.15) is 17.2 Å². The molecule has 2 rings (SSSR count). The highest BCUT2D eigenvalue weighted by Crippen LogP contribution is 2.29. The summed E-state index contributed by atoms with van der Waals surface area (Å²) in [5.74, 6) is -1.78. The predicted molar refractivity (Wildman–Crippen MR) is 72.6 cm³/mol. The van der Waals surface area contributed by atoms with Gasteiger partial charge in [-0.15, -0.1) is 0 Å². The van der Waals surface area contributed by atoms with Crippen molar-refractivity contribution in [3.8, 4) is 0 Å². The molecular weight excluding hydrogens is 334 g/mol. The number of hydrogen-bond donors (Lipinski definition) is 0. The third-order valence-electron chi connectivity index (χ3n) is 3.68. The molecule has 1 aliphatic rings. The standard InChI is InChI=1S/C14H15BrF2O3/c1-19-14(4-6-20-7-5-14)12(18)8-9-11(16)3-2-10(15)13(9)17/h2-3H,4-8H2,1H3. The van der Waals surface area contributed by atoms with Crippen molar-refractivity contribution >= 4 is 21.7 Å². The molecule has 1 aromatic rings. The molecule has 0 aliphatic carbocycles. The van der Waals surface area contributed by atoms with Gasteiger partial charge in [-0.25, -0.2) is 8.78 Å². The highest BCUT2D eigenvalue weighted by atomic mass is 79.9. The summed E-state index contributed by atoms with van der Waals surface area (Å²) in [4.78, 5) is 12.4. The van der Waals surface area contributed by atoms with Crippen molar-refractivity contribution < 1.29 is 23.0 Å². The van der Waals surface area contributed by atoms with Crippen LogP contribution in [0, 0.1) is 11.6 Å². The van der Waals surface area contributed by atoms with Crippen LogP contribution >= 0.6 is 15.9 Å². The van der Waals surface area contributed by atoms with E-state index < -0.39 is 17.2 Å².